The molecule has 1 aromatic carbocycles. The Morgan fingerprint density at radius 3 is 2.76 bits per heavy atom. The van der Waals surface area contributed by atoms with Gasteiger partial charge >= 0.3 is 12.0 Å². The molecule has 0 saturated carbocycles. The fourth-order valence-electron chi connectivity index (χ4n) is 4.41. The number of nitrogens with zero attached hydrogens (tertiary/aromatic N) is 4. The molecule has 3 aliphatic heterocycles. The van der Waals surface area contributed by atoms with E-state index in [1.807, 2.05) is 24.3 Å². The third-order valence-corrected chi connectivity index (χ3v) is 5.98. The molecule has 4 atom stereocenters. The quantitative estimate of drug-likeness (QED) is 0.721. The molecule has 10 heteroatoms. The van der Waals surface area contributed by atoms with Gasteiger partial charge in [-0.15, -0.1) is 0 Å². The van der Waals surface area contributed by atoms with Crippen molar-refractivity contribution in [2.24, 2.45) is 5.92 Å². The number of anilines is 1. The summed E-state index contributed by atoms with van der Waals surface area (Å²) in [6.45, 7) is 3.20. The molecule has 3 amide bonds. The fourth-order valence-corrected chi connectivity index (χ4v) is 4.60. The van der Waals surface area contributed by atoms with Gasteiger partial charge in [-0.25, -0.2) is 4.79 Å². The number of urea groups is 1. The van der Waals surface area contributed by atoms with Crippen LogP contribution in [-0.2, 0) is 14.3 Å². The largest absolute Gasteiger partial charge is 0.468 e. The zero-order valence-corrected chi connectivity index (χ0v) is 17.3. The Balaban J connectivity index is 1.67. The van der Waals surface area contributed by atoms with Crippen LogP contribution >= 0.6 is 11.6 Å². The number of nitrogens with one attached hydrogen (secondary N) is 1. The molecule has 0 aliphatic carbocycles. The van der Waals surface area contributed by atoms with Gasteiger partial charge in [0.15, 0.2) is 0 Å². The second-order valence-corrected chi connectivity index (χ2v) is 8.19. The number of halogens is 1. The van der Waals surface area contributed by atoms with Crippen LogP contribution in [0.4, 0.5) is 10.5 Å². The predicted octanol–water partition coefficient (Wildman–Crippen LogP) is 0.747. The molecule has 0 radical (unpaired) electrons. The van der Waals surface area contributed by atoms with Crippen molar-refractivity contribution < 1.29 is 19.1 Å². The van der Waals surface area contributed by atoms with Gasteiger partial charge in [0.2, 0.25) is 0 Å². The smallest absolute Gasteiger partial charge is 0.328 e. The van der Waals surface area contributed by atoms with E-state index in [9.17, 15) is 14.4 Å². The molecule has 3 heterocycles. The van der Waals surface area contributed by atoms with Crippen LogP contribution in [0.1, 0.15) is 6.92 Å². The van der Waals surface area contributed by atoms with Crippen molar-refractivity contribution in [1.29, 1.82) is 0 Å². The number of carbonyl (C=O) groups is 3. The lowest BCUT2D eigenvalue weighted by atomic mass is 10.0. The first kappa shape index (κ1) is 19.9. The van der Waals surface area contributed by atoms with E-state index >= 15 is 0 Å². The van der Waals surface area contributed by atoms with Crippen molar-refractivity contribution in [3.05, 3.63) is 29.3 Å². The van der Waals surface area contributed by atoms with Gasteiger partial charge < -0.3 is 14.5 Å². The minimum absolute atomic E-state index is 0.267. The number of hydrogen-bond acceptors (Lipinski definition) is 7. The van der Waals surface area contributed by atoms with Gasteiger partial charge in [-0.3, -0.25) is 24.7 Å². The van der Waals surface area contributed by atoms with Crippen molar-refractivity contribution in [3.63, 3.8) is 0 Å². The molecule has 3 saturated heterocycles. The Labute approximate surface area is 174 Å². The second kappa shape index (κ2) is 7.47. The van der Waals surface area contributed by atoms with E-state index < -0.39 is 36.7 Å². The average molecular weight is 422 g/mol. The summed E-state index contributed by atoms with van der Waals surface area (Å²) in [6, 6.07) is 6.47. The molecule has 29 heavy (non-hydrogen) atoms. The van der Waals surface area contributed by atoms with Crippen LogP contribution in [0.25, 0.3) is 0 Å². The molecule has 0 bridgehead atoms. The third-order valence-electron chi connectivity index (χ3n) is 5.74. The number of rotatable bonds is 3. The molecule has 1 N–H and O–H groups in total. The maximum atomic E-state index is 13.2. The molecule has 9 nitrogen and oxygen atoms in total. The Morgan fingerprint density at radius 2 is 2.07 bits per heavy atom. The van der Waals surface area contributed by atoms with Gasteiger partial charge in [0, 0.05) is 30.8 Å². The fraction of sp³-hybridized carbons (Fsp3) is 0.526. The Morgan fingerprint density at radius 1 is 1.31 bits per heavy atom. The van der Waals surface area contributed by atoms with E-state index in [0.29, 0.717) is 11.6 Å². The Kier molecular flexibility index (Phi) is 5.14. The van der Waals surface area contributed by atoms with Crippen molar-refractivity contribution in [3.8, 4) is 0 Å². The summed E-state index contributed by atoms with van der Waals surface area (Å²) in [5, 5.41) is 4.07. The molecule has 0 aromatic heterocycles. The van der Waals surface area contributed by atoms with Gasteiger partial charge in [0.05, 0.1) is 7.11 Å². The number of hydrogen-bond donors (Lipinski definition) is 1. The summed E-state index contributed by atoms with van der Waals surface area (Å²) in [5.74, 6) is -0.733. The molecular formula is C19H24ClN5O4. The van der Waals surface area contributed by atoms with E-state index in [2.05, 4.69) is 26.8 Å². The monoisotopic (exact) mass is 421 g/mol. The van der Waals surface area contributed by atoms with Crippen LogP contribution in [0, 0.1) is 5.92 Å². The molecule has 3 aliphatic rings. The number of amides is 3. The van der Waals surface area contributed by atoms with Crippen LogP contribution in [-0.4, -0.2) is 84.9 Å². The molecule has 0 spiro atoms. The SMILES string of the molecule is COC(=O)CN1C(=O)C2C(NC3N(c4cccc(Cl)c4)CC(C)CN23)N(C)C1=O. The lowest BCUT2D eigenvalue weighted by Gasteiger charge is -2.45. The van der Waals surface area contributed by atoms with E-state index in [4.69, 9.17) is 11.6 Å². The number of likely N-dealkylation sites (N-methyl/N-ethyl adjacent to an activating group) is 1. The predicted molar refractivity (Wildman–Crippen MR) is 106 cm³/mol. The lowest BCUT2D eigenvalue weighted by Crippen LogP contribution is -2.67. The van der Waals surface area contributed by atoms with Gasteiger partial charge in [0.1, 0.15) is 25.0 Å². The summed E-state index contributed by atoms with van der Waals surface area (Å²) in [4.78, 5) is 44.4. The van der Waals surface area contributed by atoms with Crippen molar-refractivity contribution in [1.82, 2.24) is 20.0 Å². The average Bonchev–Trinajstić information content (AvgIpc) is 3.08. The summed E-state index contributed by atoms with van der Waals surface area (Å²) in [6.07, 6.45) is -0.752. The van der Waals surface area contributed by atoms with Gasteiger partial charge in [-0.05, 0) is 24.1 Å². The van der Waals surface area contributed by atoms with Crippen molar-refractivity contribution in [2.45, 2.75) is 25.4 Å². The van der Waals surface area contributed by atoms with Gasteiger partial charge in [-0.1, -0.05) is 24.6 Å². The van der Waals surface area contributed by atoms with Crippen molar-refractivity contribution in [2.75, 3.05) is 38.7 Å². The van der Waals surface area contributed by atoms with E-state index in [0.717, 1.165) is 17.1 Å². The number of ether oxygens (including phenoxy) is 1. The molecule has 4 unspecified atom stereocenters. The van der Waals surface area contributed by atoms with Crippen molar-refractivity contribution >= 4 is 35.2 Å². The molecule has 3 fully saturated rings. The highest BCUT2D eigenvalue weighted by Gasteiger charge is 2.57. The number of methoxy groups -OCH3 is 1. The Bertz CT molecular complexity index is 852. The first-order valence-corrected chi connectivity index (χ1v) is 9.88. The van der Waals surface area contributed by atoms with Crippen LogP contribution in [0.3, 0.4) is 0 Å². The normalized spacial score (nSPS) is 29.7. The molecular weight excluding hydrogens is 398 g/mol. The summed E-state index contributed by atoms with van der Waals surface area (Å²) in [7, 11) is 2.87. The van der Waals surface area contributed by atoms with Crippen LogP contribution < -0.4 is 10.2 Å². The molecule has 156 valence electrons. The summed E-state index contributed by atoms with van der Waals surface area (Å²) in [5.41, 5.74) is 0.943. The highest BCUT2D eigenvalue weighted by molar-refractivity contribution is 6.30. The highest BCUT2D eigenvalue weighted by Crippen LogP contribution is 2.35. The van der Waals surface area contributed by atoms with Crippen LogP contribution in [0.2, 0.25) is 5.02 Å². The number of imide groups is 1. The number of esters is 1. The van der Waals surface area contributed by atoms with Crippen LogP contribution in [0.15, 0.2) is 24.3 Å². The highest BCUT2D eigenvalue weighted by atomic mass is 35.5. The molecule has 4 rings (SSSR count). The topological polar surface area (TPSA) is 85.4 Å². The zero-order chi connectivity index (χ0) is 20.9. The van der Waals surface area contributed by atoms with Gasteiger partial charge in [0.25, 0.3) is 5.91 Å². The minimum Gasteiger partial charge on any atom is -0.468 e. The first-order chi connectivity index (χ1) is 13.8. The zero-order valence-electron chi connectivity index (χ0n) is 16.5. The summed E-state index contributed by atoms with van der Waals surface area (Å²) >= 11 is 6.19. The maximum Gasteiger partial charge on any atom is 0.328 e. The first-order valence-electron chi connectivity index (χ1n) is 9.50. The lowest BCUT2D eigenvalue weighted by molar-refractivity contribution is -0.149. The van der Waals surface area contributed by atoms with Gasteiger partial charge in [-0.2, -0.15) is 0 Å². The Hall–Kier alpha value is -2.36. The maximum absolute atomic E-state index is 13.2. The standard InChI is InChI=1S/C19H24ClN5O4/c1-11-8-23(13-6-4-5-12(20)7-13)18-21-16-15(24(18)9-11)17(27)25(10-14(26)29-3)19(28)22(16)2/h4-7,11,15-16,18,21H,8-10H2,1-3H3. The van der Waals surface area contributed by atoms with E-state index in [-0.39, 0.29) is 12.2 Å². The van der Waals surface area contributed by atoms with Crippen LogP contribution in [0.5, 0.6) is 0 Å². The minimum atomic E-state index is -0.631. The second-order valence-electron chi connectivity index (χ2n) is 7.76. The number of carbonyl (C=O) groups excluding carboxylic acids is 3. The molecule has 1 aromatic rings. The number of benzene rings is 1. The summed E-state index contributed by atoms with van der Waals surface area (Å²) < 4.78 is 4.65. The number of fused-ring (bicyclic) bond motifs is 3. The van der Waals surface area contributed by atoms with E-state index in [1.54, 1.807) is 7.05 Å². The van der Waals surface area contributed by atoms with E-state index in [1.165, 1.54) is 12.0 Å². The third kappa shape index (κ3) is 3.33.